The monoisotopic (exact) mass is 963 g/mol. The Kier molecular flexibility index (Phi) is 12.3. The van der Waals surface area contributed by atoms with E-state index in [1.54, 1.807) is 0 Å². The average Bonchev–Trinajstić information content (AvgIpc) is 4.31. The molecule has 1 heteroatoms. The Balaban J connectivity index is 0.000000105. The summed E-state index contributed by atoms with van der Waals surface area (Å²) in [6.07, 6.45) is 1.10. The fourth-order valence-corrected chi connectivity index (χ4v) is 12.4. The maximum absolute atomic E-state index is 2.34. The van der Waals surface area contributed by atoms with E-state index in [2.05, 4.69) is 295 Å². The lowest BCUT2D eigenvalue weighted by Gasteiger charge is -2.30. The summed E-state index contributed by atoms with van der Waals surface area (Å²) in [6.45, 7) is 13.0. The molecule has 0 saturated carbocycles. The fraction of sp³-hybridized carbons (Fsp3) is 0.108. The zero-order chi connectivity index (χ0) is 51.2. The van der Waals surface area contributed by atoms with Crippen LogP contribution in [-0.2, 0) is 11.8 Å². The van der Waals surface area contributed by atoms with Gasteiger partial charge >= 0.3 is 0 Å². The fourth-order valence-electron chi connectivity index (χ4n) is 12.4. The lowest BCUT2D eigenvalue weighted by atomic mass is 9.70. The van der Waals surface area contributed by atoms with Crippen molar-refractivity contribution < 1.29 is 0 Å². The number of aromatic nitrogens is 1. The summed E-state index contributed by atoms with van der Waals surface area (Å²) in [6, 6.07) is 90.1. The van der Waals surface area contributed by atoms with Gasteiger partial charge in [0.2, 0.25) is 0 Å². The van der Waals surface area contributed by atoms with Gasteiger partial charge in [0, 0.05) is 16.5 Å². The first-order valence-electron chi connectivity index (χ1n) is 26.5. The molecule has 3 aliphatic carbocycles. The SMILES string of the molecule is Cc1ccc(C)c(-c2ccccc2C)c1.Cc1ccc2c(c1)Cc1ccccc1-2.Cc1ccc2c3ccccc3n(-c3ccccc3)c2c1.Cc1cccc2c1-c1ccccc1C21c2ccccc2-c2ccccc21. The molecule has 1 spiro atoms. The number of hydrogen-bond acceptors (Lipinski definition) is 0. The smallest absolute Gasteiger partial charge is 0.0725 e. The van der Waals surface area contributed by atoms with E-state index in [1.807, 2.05) is 0 Å². The Hall–Kier alpha value is -8.78. The van der Waals surface area contributed by atoms with E-state index in [-0.39, 0.29) is 5.41 Å². The minimum Gasteiger partial charge on any atom is -0.309 e. The van der Waals surface area contributed by atoms with Gasteiger partial charge in [-0.1, -0.05) is 236 Å². The van der Waals surface area contributed by atoms with Crippen molar-refractivity contribution >= 4 is 21.8 Å². The molecule has 0 atom stereocenters. The zero-order valence-electron chi connectivity index (χ0n) is 43.8. The van der Waals surface area contributed by atoms with Gasteiger partial charge in [-0.2, -0.15) is 0 Å². The number of aryl methyl sites for hydroxylation is 6. The summed E-state index contributed by atoms with van der Waals surface area (Å²) in [4.78, 5) is 0. The van der Waals surface area contributed by atoms with Crippen molar-refractivity contribution in [3.8, 4) is 50.2 Å². The molecular weight excluding hydrogens is 903 g/mol. The first kappa shape index (κ1) is 47.2. The highest BCUT2D eigenvalue weighted by Gasteiger charge is 2.51. The van der Waals surface area contributed by atoms with E-state index in [9.17, 15) is 0 Å². The minimum atomic E-state index is -0.189. The van der Waals surface area contributed by atoms with Crippen LogP contribution in [0.4, 0.5) is 0 Å². The van der Waals surface area contributed by atoms with Gasteiger partial charge in [-0.3, -0.25) is 0 Å². The number of fused-ring (bicyclic) bond motifs is 16. The average molecular weight is 964 g/mol. The second-order valence-electron chi connectivity index (χ2n) is 20.7. The van der Waals surface area contributed by atoms with Crippen molar-refractivity contribution in [2.24, 2.45) is 0 Å². The standard InChI is InChI=1S/C26H18.C19H15N.C15H16.C14H12/c1-17-9-8-16-24-25(17)20-12-4-7-15-23(20)26(24)21-13-5-2-10-18(21)19-11-3-6-14-22(19)26;1-14-11-12-17-16-9-5-6-10-18(16)20(19(17)13-14)15-7-3-2-4-8-15;1-11-8-9-13(3)15(10-11)14-7-5-4-6-12(14)2;1-10-6-7-14-12(8-10)9-11-4-2-3-5-13(11)14/h2-16H,1H3;2-13H,1H3;4-10H,1-3H3;2-8H,9H2,1H3. The van der Waals surface area contributed by atoms with Crippen molar-refractivity contribution in [3.63, 3.8) is 0 Å². The summed E-state index contributed by atoms with van der Waals surface area (Å²) in [5.41, 5.74) is 31.3. The molecule has 1 aromatic heterocycles. The normalized spacial score (nSPS) is 12.5. The highest BCUT2D eigenvalue weighted by atomic mass is 15.0. The number of benzene rings is 11. The van der Waals surface area contributed by atoms with Crippen LogP contribution in [-0.4, -0.2) is 4.57 Å². The maximum atomic E-state index is 2.34. The van der Waals surface area contributed by atoms with E-state index in [1.165, 1.54) is 139 Å². The van der Waals surface area contributed by atoms with Crippen molar-refractivity contribution in [1.82, 2.24) is 4.57 Å². The molecule has 12 aromatic rings. The Bertz CT molecular complexity index is 4060. The third-order valence-electron chi connectivity index (χ3n) is 15.9. The molecule has 0 amide bonds. The maximum Gasteiger partial charge on any atom is 0.0725 e. The molecule has 1 heterocycles. The lowest BCUT2D eigenvalue weighted by molar-refractivity contribution is 0.793. The molecule has 0 unspecified atom stereocenters. The molecule has 0 bridgehead atoms. The third kappa shape index (κ3) is 8.21. The van der Waals surface area contributed by atoms with E-state index in [0.717, 1.165) is 6.42 Å². The van der Waals surface area contributed by atoms with Crippen LogP contribution in [0, 0.1) is 41.5 Å². The number of para-hydroxylation sites is 2. The Morgan fingerprint density at radius 3 is 1.52 bits per heavy atom. The van der Waals surface area contributed by atoms with Gasteiger partial charge in [0.05, 0.1) is 16.4 Å². The third-order valence-corrected chi connectivity index (χ3v) is 15.9. The Labute approximate surface area is 443 Å². The second kappa shape index (κ2) is 19.6. The second-order valence-corrected chi connectivity index (χ2v) is 20.7. The Morgan fingerprint density at radius 2 is 0.787 bits per heavy atom. The molecule has 0 saturated heterocycles. The molecule has 75 heavy (non-hydrogen) atoms. The van der Waals surface area contributed by atoms with Gasteiger partial charge in [-0.25, -0.2) is 0 Å². The molecular formula is C74H61N. The zero-order valence-corrected chi connectivity index (χ0v) is 43.8. The molecule has 362 valence electrons. The number of nitrogens with zero attached hydrogens (tertiary/aromatic N) is 1. The van der Waals surface area contributed by atoms with Gasteiger partial charge < -0.3 is 4.57 Å². The van der Waals surface area contributed by atoms with Crippen LogP contribution in [0.2, 0.25) is 0 Å². The largest absolute Gasteiger partial charge is 0.309 e. The molecule has 0 radical (unpaired) electrons. The van der Waals surface area contributed by atoms with Crippen LogP contribution in [0.25, 0.3) is 72.0 Å². The van der Waals surface area contributed by atoms with Crippen LogP contribution in [0.15, 0.2) is 249 Å². The van der Waals surface area contributed by atoms with Crippen LogP contribution < -0.4 is 0 Å². The van der Waals surface area contributed by atoms with Gasteiger partial charge in [0.15, 0.2) is 0 Å². The minimum absolute atomic E-state index is 0.189. The molecule has 3 aliphatic rings. The summed E-state index contributed by atoms with van der Waals surface area (Å²) >= 11 is 0. The van der Waals surface area contributed by atoms with Gasteiger partial charge in [0.25, 0.3) is 0 Å². The van der Waals surface area contributed by atoms with Crippen LogP contribution >= 0.6 is 0 Å². The molecule has 0 aliphatic heterocycles. The highest BCUT2D eigenvalue weighted by Crippen LogP contribution is 2.63. The van der Waals surface area contributed by atoms with Crippen molar-refractivity contribution in [1.29, 1.82) is 0 Å². The van der Waals surface area contributed by atoms with Crippen LogP contribution in [0.5, 0.6) is 0 Å². The molecule has 11 aromatic carbocycles. The van der Waals surface area contributed by atoms with Crippen molar-refractivity contribution in [2.45, 2.75) is 53.4 Å². The van der Waals surface area contributed by atoms with Crippen molar-refractivity contribution in [2.75, 3.05) is 0 Å². The summed E-state index contributed by atoms with van der Waals surface area (Å²) < 4.78 is 2.34. The van der Waals surface area contributed by atoms with E-state index < -0.39 is 0 Å². The molecule has 0 fully saturated rings. The van der Waals surface area contributed by atoms with Gasteiger partial charge in [-0.15, -0.1) is 0 Å². The predicted molar refractivity (Wildman–Crippen MR) is 319 cm³/mol. The lowest BCUT2D eigenvalue weighted by Crippen LogP contribution is -2.25. The topological polar surface area (TPSA) is 4.93 Å². The van der Waals surface area contributed by atoms with Crippen LogP contribution in [0.3, 0.4) is 0 Å². The van der Waals surface area contributed by atoms with Crippen LogP contribution in [0.1, 0.15) is 66.8 Å². The predicted octanol–water partition coefficient (Wildman–Crippen LogP) is 19.3. The summed E-state index contributed by atoms with van der Waals surface area (Å²) in [7, 11) is 0. The van der Waals surface area contributed by atoms with E-state index in [0.29, 0.717) is 0 Å². The first-order chi connectivity index (χ1) is 36.7. The molecule has 15 rings (SSSR count). The van der Waals surface area contributed by atoms with Crippen molar-refractivity contribution in [3.05, 3.63) is 315 Å². The number of rotatable bonds is 2. The van der Waals surface area contributed by atoms with E-state index in [4.69, 9.17) is 0 Å². The first-order valence-corrected chi connectivity index (χ1v) is 26.5. The number of hydrogen-bond donors (Lipinski definition) is 0. The quantitative estimate of drug-likeness (QED) is 0.163. The summed E-state index contributed by atoms with van der Waals surface area (Å²) in [5.74, 6) is 0. The summed E-state index contributed by atoms with van der Waals surface area (Å²) in [5, 5.41) is 2.63. The van der Waals surface area contributed by atoms with E-state index >= 15 is 0 Å². The molecule has 0 N–H and O–H groups in total. The molecule has 1 nitrogen and oxygen atoms in total. The Morgan fingerprint density at radius 1 is 0.293 bits per heavy atom. The highest BCUT2D eigenvalue weighted by molar-refractivity contribution is 6.09. The van der Waals surface area contributed by atoms with Gasteiger partial charge in [0.1, 0.15) is 0 Å². The van der Waals surface area contributed by atoms with Gasteiger partial charge in [-0.05, 0) is 172 Å².